The number of rotatable bonds is 11. The Morgan fingerprint density at radius 2 is 1.82 bits per heavy atom. The van der Waals surface area contributed by atoms with Gasteiger partial charge in [-0.05, 0) is 68.7 Å². The number of nitro groups is 1. The molecule has 4 aliphatic carbocycles. The number of alkyl carbamates (subject to hydrolysis) is 1. The van der Waals surface area contributed by atoms with Crippen LogP contribution in [0.25, 0.3) is 0 Å². The molecule has 1 amide bonds. The number of allylic oxidation sites excluding steroid dienone is 4. The summed E-state index contributed by atoms with van der Waals surface area (Å²) >= 11 is 0. The van der Waals surface area contributed by atoms with Crippen LogP contribution in [0.3, 0.4) is 0 Å². The van der Waals surface area contributed by atoms with Gasteiger partial charge < -0.3 is 34.5 Å². The van der Waals surface area contributed by atoms with E-state index in [0.717, 1.165) is 0 Å². The summed E-state index contributed by atoms with van der Waals surface area (Å²) in [6.07, 6.45) is 1.80. The van der Waals surface area contributed by atoms with Crippen molar-refractivity contribution in [3.63, 3.8) is 0 Å². The number of benzene rings is 1. The van der Waals surface area contributed by atoms with Crippen molar-refractivity contribution in [3.05, 3.63) is 58.2 Å². The van der Waals surface area contributed by atoms with Crippen LogP contribution in [0.2, 0.25) is 0 Å². The molecule has 14 nitrogen and oxygen atoms in total. The van der Waals surface area contributed by atoms with Crippen molar-refractivity contribution in [2.24, 2.45) is 28.6 Å². The number of aliphatic hydroxyl groups excluding tert-OH is 1. The largest absolute Gasteiger partial charge is 0.513 e. The van der Waals surface area contributed by atoms with Crippen molar-refractivity contribution in [2.75, 3.05) is 33.0 Å². The van der Waals surface area contributed by atoms with Crippen LogP contribution in [0.1, 0.15) is 46.5 Å². The first-order valence-corrected chi connectivity index (χ1v) is 16.2. The molecule has 5 unspecified atom stereocenters. The van der Waals surface area contributed by atoms with Gasteiger partial charge in [-0.3, -0.25) is 19.7 Å². The van der Waals surface area contributed by atoms with Gasteiger partial charge in [-0.15, -0.1) is 0 Å². The molecule has 4 aliphatic rings. The van der Waals surface area contributed by atoms with E-state index in [4.69, 9.17) is 18.9 Å². The van der Waals surface area contributed by atoms with Crippen molar-refractivity contribution < 1.29 is 57.7 Å². The molecule has 266 valence electrons. The predicted octanol–water partition coefficient (Wildman–Crippen LogP) is 3.77. The molecule has 3 fully saturated rings. The third kappa shape index (κ3) is 6.23. The summed E-state index contributed by atoms with van der Waals surface area (Å²) in [6.45, 7) is 4.16. The standard InChI is InChI=1S/C34H41FN2O12/c1-20-16-26-25-9-4-21-17-23(38)10-11-31(21,2)33(25,35)27(39)18-32(26,3)34(20,43)28(40)19-48-29(41)36-12-13-46-14-15-47-30(42)49-24-7-5-22(6-8-24)37(44)45/h5-8,10-11,17,20,25-27,39,43H,4,9,12-16,18-19H2,1-3H3,(H,36,41)/t20-,25?,26?,27?,31?,32?,33+,34+/m1/s1. The molecule has 0 bridgehead atoms. The maximum atomic E-state index is 17.3. The maximum absolute atomic E-state index is 17.3. The summed E-state index contributed by atoms with van der Waals surface area (Å²) in [5.41, 5.74) is -6.00. The highest BCUT2D eigenvalue weighted by molar-refractivity contribution is 6.01. The molecule has 0 saturated heterocycles. The predicted molar refractivity (Wildman–Crippen MR) is 168 cm³/mol. The molecule has 0 heterocycles. The minimum Gasteiger partial charge on any atom is -0.441 e. The molecule has 3 saturated carbocycles. The third-order valence-electron chi connectivity index (χ3n) is 11.2. The second kappa shape index (κ2) is 13.6. The Kier molecular flexibility index (Phi) is 10.0. The van der Waals surface area contributed by atoms with Crippen LogP contribution in [0.15, 0.2) is 48.1 Å². The highest BCUT2D eigenvalue weighted by Crippen LogP contribution is 2.70. The molecular formula is C34H41FN2O12. The smallest absolute Gasteiger partial charge is 0.441 e. The van der Waals surface area contributed by atoms with Crippen molar-refractivity contribution in [1.82, 2.24) is 5.32 Å². The zero-order valence-electron chi connectivity index (χ0n) is 27.5. The molecule has 1 aromatic carbocycles. The number of hydrogen-bond donors (Lipinski definition) is 3. The number of ether oxygens (including phenoxy) is 4. The highest BCUT2D eigenvalue weighted by atomic mass is 19.1. The fraction of sp³-hybridized carbons (Fsp3) is 0.588. The van der Waals surface area contributed by atoms with Gasteiger partial charge in [-0.25, -0.2) is 14.0 Å². The van der Waals surface area contributed by atoms with E-state index >= 15 is 4.39 Å². The number of Topliss-reactive ketones (excluding diaryl/α,β-unsaturated/α-hetero) is 1. The Morgan fingerprint density at radius 1 is 1.10 bits per heavy atom. The van der Waals surface area contributed by atoms with Crippen LogP contribution in [0.4, 0.5) is 19.7 Å². The van der Waals surface area contributed by atoms with Crippen LogP contribution in [0.5, 0.6) is 5.75 Å². The van der Waals surface area contributed by atoms with Crippen molar-refractivity contribution >= 4 is 29.5 Å². The molecule has 8 atom stereocenters. The maximum Gasteiger partial charge on any atom is 0.513 e. The number of amides is 1. The minimum atomic E-state index is -2.10. The van der Waals surface area contributed by atoms with E-state index in [9.17, 15) is 39.5 Å². The van der Waals surface area contributed by atoms with Gasteiger partial charge in [0.25, 0.3) is 5.69 Å². The van der Waals surface area contributed by atoms with E-state index in [0.29, 0.717) is 24.8 Å². The fourth-order valence-electron chi connectivity index (χ4n) is 8.71. The quantitative estimate of drug-likeness (QED) is 0.100. The van der Waals surface area contributed by atoms with Gasteiger partial charge in [0, 0.05) is 35.4 Å². The summed E-state index contributed by atoms with van der Waals surface area (Å²) < 4.78 is 37.5. The monoisotopic (exact) mass is 688 g/mol. The number of carbonyl (C=O) groups is 4. The summed E-state index contributed by atoms with van der Waals surface area (Å²) in [6, 6.07) is 4.85. The van der Waals surface area contributed by atoms with Gasteiger partial charge in [0.15, 0.2) is 18.1 Å². The van der Waals surface area contributed by atoms with Gasteiger partial charge in [0.05, 0.1) is 24.2 Å². The number of ketones is 2. The van der Waals surface area contributed by atoms with Crippen molar-refractivity contribution in [2.45, 2.75) is 63.8 Å². The van der Waals surface area contributed by atoms with Crippen LogP contribution < -0.4 is 10.1 Å². The Bertz CT molecular complexity index is 1560. The van der Waals surface area contributed by atoms with Gasteiger partial charge in [0.1, 0.15) is 18.0 Å². The van der Waals surface area contributed by atoms with Gasteiger partial charge >= 0.3 is 12.2 Å². The van der Waals surface area contributed by atoms with Gasteiger partial charge in [0.2, 0.25) is 5.78 Å². The zero-order valence-corrected chi connectivity index (χ0v) is 27.5. The van der Waals surface area contributed by atoms with Crippen molar-refractivity contribution in [1.29, 1.82) is 0 Å². The molecule has 3 N–H and O–H groups in total. The van der Waals surface area contributed by atoms with Gasteiger partial charge in [-0.2, -0.15) is 0 Å². The molecule has 0 aliphatic heterocycles. The first-order valence-electron chi connectivity index (χ1n) is 16.2. The molecule has 0 spiro atoms. The Hall–Kier alpha value is -4.21. The number of fused-ring (bicyclic) bond motifs is 5. The Morgan fingerprint density at radius 3 is 2.51 bits per heavy atom. The number of nitro benzene ring substituents is 1. The zero-order chi connectivity index (χ0) is 35.8. The highest BCUT2D eigenvalue weighted by Gasteiger charge is 2.75. The van der Waals surface area contributed by atoms with E-state index < -0.39 is 75.5 Å². The summed E-state index contributed by atoms with van der Waals surface area (Å²) in [7, 11) is 0. The van der Waals surface area contributed by atoms with Crippen LogP contribution >= 0.6 is 0 Å². The lowest BCUT2D eigenvalue weighted by Crippen LogP contribution is -2.69. The number of non-ortho nitro benzene ring substituents is 1. The lowest BCUT2D eigenvalue weighted by atomic mass is 9.44. The third-order valence-corrected chi connectivity index (χ3v) is 11.2. The first-order chi connectivity index (χ1) is 23.1. The number of alkyl halides is 1. The summed E-state index contributed by atoms with van der Waals surface area (Å²) in [5, 5.41) is 36.6. The molecule has 49 heavy (non-hydrogen) atoms. The van der Waals surface area contributed by atoms with Gasteiger partial charge in [-0.1, -0.05) is 25.5 Å². The lowest BCUT2D eigenvalue weighted by molar-refractivity contribution is -0.384. The topological polar surface area (TPSA) is 201 Å². The molecule has 5 rings (SSSR count). The van der Waals surface area contributed by atoms with Crippen molar-refractivity contribution in [3.8, 4) is 5.75 Å². The molecule has 0 aromatic heterocycles. The fourth-order valence-corrected chi connectivity index (χ4v) is 8.71. The average Bonchev–Trinajstić information content (AvgIpc) is 3.25. The number of hydrogen-bond acceptors (Lipinski definition) is 12. The number of nitrogens with one attached hydrogen (secondary N) is 1. The van der Waals surface area contributed by atoms with Crippen LogP contribution in [-0.4, -0.2) is 89.3 Å². The number of nitrogens with zero attached hydrogens (tertiary/aromatic N) is 1. The lowest BCUT2D eigenvalue weighted by Gasteiger charge is -2.62. The number of carbonyl (C=O) groups excluding carboxylic acids is 4. The average molecular weight is 689 g/mol. The molecule has 1 aromatic rings. The SMILES string of the molecule is C[C@@H]1CC2C3CCC4=CC(=O)C=CC4(C)[C@@]3(F)C(O)CC2(C)[C@@]1(O)C(=O)COC(=O)NCCOCCOC(=O)Oc1ccc([N+](=O)[O-])cc1. The van der Waals surface area contributed by atoms with E-state index in [1.165, 1.54) is 36.4 Å². The number of halogens is 1. The summed E-state index contributed by atoms with van der Waals surface area (Å²) in [4.78, 5) is 59.8. The minimum absolute atomic E-state index is 0.00790. The van der Waals surface area contributed by atoms with Crippen LogP contribution in [0, 0.1) is 38.7 Å². The van der Waals surface area contributed by atoms with E-state index in [1.54, 1.807) is 26.8 Å². The molecule has 0 radical (unpaired) electrons. The Balaban J connectivity index is 1.07. The summed E-state index contributed by atoms with van der Waals surface area (Å²) in [5.74, 6) is -2.63. The van der Waals surface area contributed by atoms with E-state index in [2.05, 4.69) is 5.32 Å². The second-order valence-corrected chi connectivity index (χ2v) is 13.7. The first kappa shape index (κ1) is 36.1. The van der Waals surface area contributed by atoms with E-state index in [1.807, 2.05) is 0 Å². The van der Waals surface area contributed by atoms with Crippen LogP contribution in [-0.2, 0) is 23.8 Å². The second-order valence-electron chi connectivity index (χ2n) is 13.7. The molecular weight excluding hydrogens is 647 g/mol. The Labute approximate surface area is 281 Å². The normalized spacial score (nSPS) is 34.5. The van der Waals surface area contributed by atoms with E-state index in [-0.39, 0.29) is 50.0 Å². The number of aliphatic hydroxyl groups is 2. The molecule has 15 heteroatoms.